The third-order valence-electron chi connectivity index (χ3n) is 4.14. The number of para-hydroxylation sites is 1. The molecule has 3 N–H and O–H groups in total. The van der Waals surface area contributed by atoms with Crippen LogP contribution >= 0.6 is 36.2 Å². The van der Waals surface area contributed by atoms with Gasteiger partial charge in [0.1, 0.15) is 0 Å². The molecule has 7 heteroatoms. The molecule has 0 spiro atoms. The predicted molar refractivity (Wildman–Crippen MR) is 105 cm³/mol. The maximum atomic E-state index is 12.5. The number of carbonyl (C=O) groups excluding carboxylic acids is 1. The molecule has 1 aliphatic rings. The maximum absolute atomic E-state index is 12.5. The Labute approximate surface area is 158 Å². The first-order chi connectivity index (χ1) is 10.7. The highest BCUT2D eigenvalue weighted by atomic mass is 35.5. The minimum atomic E-state index is -0.0560. The molecule has 1 aliphatic carbocycles. The highest BCUT2D eigenvalue weighted by molar-refractivity contribution is 7.18. The number of nitrogens with zero attached hydrogens (tertiary/aromatic N) is 1. The Kier molecular flexibility index (Phi) is 8.16. The summed E-state index contributed by atoms with van der Waals surface area (Å²) in [5, 5.41) is 4.07. The summed E-state index contributed by atoms with van der Waals surface area (Å²) >= 11 is 1.70. The topological polar surface area (TPSA) is 68.0 Å². The van der Waals surface area contributed by atoms with Crippen molar-refractivity contribution in [1.82, 2.24) is 10.3 Å². The average molecular weight is 388 g/mol. The van der Waals surface area contributed by atoms with Gasteiger partial charge >= 0.3 is 0 Å². The molecule has 4 nitrogen and oxygen atoms in total. The fraction of sp³-hybridized carbons (Fsp3) is 0.412. The van der Waals surface area contributed by atoms with Gasteiger partial charge in [0.2, 0.25) is 5.91 Å². The number of amides is 1. The molecule has 3 atom stereocenters. The molecule has 132 valence electrons. The van der Waals surface area contributed by atoms with Crippen LogP contribution in [-0.2, 0) is 4.79 Å². The van der Waals surface area contributed by atoms with E-state index >= 15 is 0 Å². The van der Waals surface area contributed by atoms with Crippen LogP contribution in [0.1, 0.15) is 30.7 Å². The second-order valence-electron chi connectivity index (χ2n) is 5.82. The largest absolute Gasteiger partial charge is 0.352 e. The summed E-state index contributed by atoms with van der Waals surface area (Å²) in [4.78, 5) is 17.3. The lowest BCUT2D eigenvalue weighted by molar-refractivity contribution is -0.126. The Morgan fingerprint density at radius 2 is 2.04 bits per heavy atom. The van der Waals surface area contributed by atoms with E-state index in [2.05, 4.69) is 23.5 Å². The predicted octanol–water partition coefficient (Wildman–Crippen LogP) is 3.65. The lowest BCUT2D eigenvalue weighted by atomic mass is 9.82. The molecule has 24 heavy (non-hydrogen) atoms. The van der Waals surface area contributed by atoms with Gasteiger partial charge in [-0.15, -0.1) is 36.2 Å². The summed E-state index contributed by atoms with van der Waals surface area (Å²) in [6, 6.07) is 8.15. The van der Waals surface area contributed by atoms with E-state index in [1.54, 1.807) is 11.3 Å². The van der Waals surface area contributed by atoms with Crippen molar-refractivity contribution in [2.45, 2.75) is 31.7 Å². The molecular formula is C17H23Cl2N3OS. The van der Waals surface area contributed by atoms with Crippen LogP contribution in [0.25, 0.3) is 10.2 Å². The molecule has 0 fully saturated rings. The third-order valence-corrected chi connectivity index (χ3v) is 5.31. The molecule has 0 aliphatic heterocycles. The fourth-order valence-electron chi connectivity index (χ4n) is 2.83. The van der Waals surface area contributed by atoms with Crippen molar-refractivity contribution < 1.29 is 4.79 Å². The van der Waals surface area contributed by atoms with Crippen LogP contribution in [0.4, 0.5) is 0 Å². The van der Waals surface area contributed by atoms with Gasteiger partial charge in [0.15, 0.2) is 0 Å². The average Bonchev–Trinajstić information content (AvgIpc) is 2.98. The SMILES string of the molecule is C[C@@H](CN)NC(=O)C1CC=CCC1c1nc2ccccc2s1.Cl.Cl. The Bertz CT molecular complexity index is 671. The lowest BCUT2D eigenvalue weighted by Crippen LogP contribution is -2.43. The van der Waals surface area contributed by atoms with E-state index in [1.165, 1.54) is 4.70 Å². The zero-order valence-corrected chi connectivity index (χ0v) is 15.9. The van der Waals surface area contributed by atoms with Crippen molar-refractivity contribution in [2.24, 2.45) is 11.7 Å². The molecular weight excluding hydrogens is 365 g/mol. The number of aromatic nitrogens is 1. The van der Waals surface area contributed by atoms with E-state index in [0.717, 1.165) is 23.4 Å². The summed E-state index contributed by atoms with van der Waals surface area (Å²) in [5.41, 5.74) is 6.63. The summed E-state index contributed by atoms with van der Waals surface area (Å²) in [6.07, 6.45) is 5.90. The van der Waals surface area contributed by atoms with Gasteiger partial charge in [-0.1, -0.05) is 24.3 Å². The molecule has 0 saturated carbocycles. The molecule has 3 rings (SSSR count). The lowest BCUT2D eigenvalue weighted by Gasteiger charge is -2.27. The maximum Gasteiger partial charge on any atom is 0.224 e. The quantitative estimate of drug-likeness (QED) is 0.786. The van der Waals surface area contributed by atoms with Gasteiger partial charge in [0.05, 0.1) is 21.1 Å². The molecule has 1 heterocycles. The summed E-state index contributed by atoms with van der Waals surface area (Å²) < 4.78 is 1.18. The van der Waals surface area contributed by atoms with Crippen LogP contribution in [0, 0.1) is 5.92 Å². The fourth-order valence-corrected chi connectivity index (χ4v) is 3.98. The number of benzene rings is 1. The first-order valence-corrected chi connectivity index (χ1v) is 8.51. The number of thiazole rings is 1. The van der Waals surface area contributed by atoms with E-state index in [0.29, 0.717) is 6.54 Å². The molecule has 1 amide bonds. The van der Waals surface area contributed by atoms with E-state index in [4.69, 9.17) is 10.7 Å². The Balaban J connectivity index is 0.00000144. The molecule has 1 aromatic carbocycles. The first-order valence-electron chi connectivity index (χ1n) is 7.70. The van der Waals surface area contributed by atoms with Crippen LogP contribution < -0.4 is 11.1 Å². The van der Waals surface area contributed by atoms with Gasteiger partial charge in [-0.2, -0.15) is 0 Å². The molecule has 2 aromatic rings. The van der Waals surface area contributed by atoms with Crippen LogP contribution in [0.15, 0.2) is 36.4 Å². The summed E-state index contributed by atoms with van der Waals surface area (Å²) in [7, 11) is 0. The van der Waals surface area contributed by atoms with Gasteiger partial charge in [0, 0.05) is 18.5 Å². The minimum Gasteiger partial charge on any atom is -0.352 e. The van der Waals surface area contributed by atoms with E-state index in [-0.39, 0.29) is 48.6 Å². The van der Waals surface area contributed by atoms with Crippen molar-refractivity contribution >= 4 is 52.3 Å². The summed E-state index contributed by atoms with van der Waals surface area (Å²) in [5.74, 6) is 0.193. The Hall–Kier alpha value is -1.14. The van der Waals surface area contributed by atoms with Gasteiger partial charge in [-0.25, -0.2) is 4.98 Å². The monoisotopic (exact) mass is 387 g/mol. The normalized spacial score (nSPS) is 20.8. The van der Waals surface area contributed by atoms with Crippen molar-refractivity contribution in [3.8, 4) is 0 Å². The number of hydrogen-bond donors (Lipinski definition) is 2. The van der Waals surface area contributed by atoms with Crippen LogP contribution in [-0.4, -0.2) is 23.5 Å². The van der Waals surface area contributed by atoms with Crippen molar-refractivity contribution in [1.29, 1.82) is 0 Å². The zero-order chi connectivity index (χ0) is 15.5. The smallest absolute Gasteiger partial charge is 0.224 e. The standard InChI is InChI=1S/C17H21N3OS.2ClH/c1-11(10-18)19-16(21)12-6-2-3-7-13(12)17-20-14-8-4-5-9-15(14)22-17;;/h2-5,8-9,11-13H,6-7,10,18H2,1H3,(H,19,21);2*1H/t11-,12?,13?;;/m0../s1. The highest BCUT2D eigenvalue weighted by Crippen LogP contribution is 2.38. The molecule has 0 radical (unpaired) electrons. The second kappa shape index (κ2) is 9.37. The third kappa shape index (κ3) is 4.48. The van der Waals surface area contributed by atoms with Gasteiger partial charge < -0.3 is 11.1 Å². The number of nitrogens with two attached hydrogens (primary N) is 1. The van der Waals surface area contributed by atoms with Crippen molar-refractivity contribution in [3.05, 3.63) is 41.4 Å². The second-order valence-corrected chi connectivity index (χ2v) is 6.88. The van der Waals surface area contributed by atoms with E-state index < -0.39 is 0 Å². The Morgan fingerprint density at radius 1 is 1.33 bits per heavy atom. The number of nitrogens with one attached hydrogen (secondary N) is 1. The van der Waals surface area contributed by atoms with Crippen molar-refractivity contribution in [3.63, 3.8) is 0 Å². The van der Waals surface area contributed by atoms with Crippen LogP contribution in [0.5, 0.6) is 0 Å². The molecule has 1 aromatic heterocycles. The van der Waals surface area contributed by atoms with Gasteiger partial charge in [-0.3, -0.25) is 4.79 Å². The number of allylic oxidation sites excluding steroid dienone is 2. The van der Waals surface area contributed by atoms with E-state index in [1.807, 2.05) is 25.1 Å². The number of carbonyl (C=O) groups is 1. The number of fused-ring (bicyclic) bond motifs is 1. The van der Waals surface area contributed by atoms with Crippen molar-refractivity contribution in [2.75, 3.05) is 6.54 Å². The van der Waals surface area contributed by atoms with Crippen LogP contribution in [0.3, 0.4) is 0 Å². The number of halogens is 2. The van der Waals surface area contributed by atoms with Crippen LogP contribution in [0.2, 0.25) is 0 Å². The number of hydrogen-bond acceptors (Lipinski definition) is 4. The summed E-state index contributed by atoms with van der Waals surface area (Å²) in [6.45, 7) is 2.39. The Morgan fingerprint density at radius 3 is 2.75 bits per heavy atom. The number of rotatable bonds is 4. The molecule has 0 saturated heterocycles. The van der Waals surface area contributed by atoms with Gasteiger partial charge in [-0.05, 0) is 31.9 Å². The van der Waals surface area contributed by atoms with Gasteiger partial charge in [0.25, 0.3) is 0 Å². The highest BCUT2D eigenvalue weighted by Gasteiger charge is 2.32. The minimum absolute atomic E-state index is 0. The zero-order valence-electron chi connectivity index (χ0n) is 13.5. The molecule has 0 bridgehead atoms. The molecule has 2 unspecified atom stereocenters. The van der Waals surface area contributed by atoms with E-state index in [9.17, 15) is 4.79 Å². The first kappa shape index (κ1) is 20.9.